The number of sulfonamides is 1. The zero-order chi connectivity index (χ0) is 21.3. The van der Waals surface area contributed by atoms with Crippen LogP contribution in [0.25, 0.3) is 0 Å². The quantitative estimate of drug-likeness (QED) is 0.473. The predicted octanol–water partition coefficient (Wildman–Crippen LogP) is 3.78. The second-order valence-corrected chi connectivity index (χ2v) is 11.1. The van der Waals surface area contributed by atoms with E-state index in [4.69, 9.17) is 0 Å². The summed E-state index contributed by atoms with van der Waals surface area (Å²) in [6, 6.07) is 5.78. The summed E-state index contributed by atoms with van der Waals surface area (Å²) >= 11 is 1.44. The lowest BCUT2D eigenvalue weighted by molar-refractivity contribution is 0.102. The number of carbonyl (C=O) groups is 1. The molecule has 0 amide bonds. The first-order valence-electron chi connectivity index (χ1n) is 10.6. The highest BCUT2D eigenvalue weighted by Crippen LogP contribution is 2.34. The molecule has 2 aliphatic rings. The van der Waals surface area contributed by atoms with Gasteiger partial charge in [-0.1, -0.05) is 31.0 Å². The molecular weight excluding hydrogens is 420 g/mol. The lowest BCUT2D eigenvalue weighted by Crippen LogP contribution is -2.30. The van der Waals surface area contributed by atoms with E-state index >= 15 is 0 Å². The maximum atomic E-state index is 12.8. The van der Waals surface area contributed by atoms with Gasteiger partial charge in [0.1, 0.15) is 5.82 Å². The summed E-state index contributed by atoms with van der Waals surface area (Å²) in [7, 11) is -3.28. The van der Waals surface area contributed by atoms with Gasteiger partial charge in [-0.2, -0.15) is 0 Å². The smallest absolute Gasteiger partial charge is 0.234 e. The van der Waals surface area contributed by atoms with E-state index < -0.39 is 10.0 Å². The number of nitrogens with zero attached hydrogens (tertiary/aromatic N) is 4. The van der Waals surface area contributed by atoms with Crippen molar-refractivity contribution in [1.82, 2.24) is 14.8 Å². The monoisotopic (exact) mass is 448 g/mol. The first-order chi connectivity index (χ1) is 14.4. The molecular formula is C21H28N4O3S2. The van der Waals surface area contributed by atoms with E-state index in [-0.39, 0.29) is 11.5 Å². The van der Waals surface area contributed by atoms with Gasteiger partial charge in [-0.25, -0.2) is 8.42 Å². The standard InChI is InChI=1S/C21H28N4O3S2/c1-3-30(27,28)24-12-11-16-13-17(9-10-19(16)24)20(26)14-29-21-23-22-15(2)25(21)18-7-5-4-6-8-18/h9-10,13,18H,3-8,11-12,14H2,1-2H3. The van der Waals surface area contributed by atoms with Gasteiger partial charge in [0.25, 0.3) is 0 Å². The number of aryl methyl sites for hydroxylation is 1. The van der Waals surface area contributed by atoms with E-state index in [9.17, 15) is 13.2 Å². The van der Waals surface area contributed by atoms with Gasteiger partial charge >= 0.3 is 0 Å². The fraction of sp³-hybridized carbons (Fsp3) is 0.571. The Morgan fingerprint density at radius 1 is 1.20 bits per heavy atom. The highest BCUT2D eigenvalue weighted by Gasteiger charge is 2.29. The maximum Gasteiger partial charge on any atom is 0.234 e. The number of thioether (sulfide) groups is 1. The van der Waals surface area contributed by atoms with Crippen LogP contribution in [-0.4, -0.2) is 47.0 Å². The van der Waals surface area contributed by atoms with Crippen molar-refractivity contribution in [3.05, 3.63) is 35.2 Å². The summed E-state index contributed by atoms with van der Waals surface area (Å²) < 4.78 is 28.2. The molecule has 1 fully saturated rings. The van der Waals surface area contributed by atoms with E-state index in [0.717, 1.165) is 29.4 Å². The Bertz CT molecular complexity index is 1040. The van der Waals surface area contributed by atoms with Gasteiger partial charge in [0.15, 0.2) is 10.9 Å². The number of fused-ring (bicyclic) bond motifs is 1. The summed E-state index contributed by atoms with van der Waals surface area (Å²) in [5.41, 5.74) is 2.25. The van der Waals surface area contributed by atoms with Crippen molar-refractivity contribution in [2.45, 2.75) is 63.6 Å². The van der Waals surface area contributed by atoms with Crippen LogP contribution in [0.4, 0.5) is 5.69 Å². The van der Waals surface area contributed by atoms with Gasteiger partial charge in [-0.3, -0.25) is 9.10 Å². The minimum absolute atomic E-state index is 0.0236. The lowest BCUT2D eigenvalue weighted by Gasteiger charge is -2.24. The van der Waals surface area contributed by atoms with Crippen molar-refractivity contribution in [3.8, 4) is 0 Å². The average Bonchev–Trinajstić information content (AvgIpc) is 3.35. The number of benzene rings is 1. The third-order valence-electron chi connectivity index (χ3n) is 6.06. The van der Waals surface area contributed by atoms with Gasteiger partial charge < -0.3 is 4.57 Å². The molecule has 0 radical (unpaired) electrons. The van der Waals surface area contributed by atoms with Crippen molar-refractivity contribution in [1.29, 1.82) is 0 Å². The molecule has 1 aliphatic carbocycles. The first-order valence-corrected chi connectivity index (χ1v) is 13.2. The second kappa shape index (κ2) is 8.70. The van der Waals surface area contributed by atoms with Crippen LogP contribution in [0.1, 0.15) is 66.8 Å². The normalized spacial score (nSPS) is 17.3. The van der Waals surface area contributed by atoms with E-state index in [1.54, 1.807) is 19.1 Å². The minimum Gasteiger partial charge on any atom is -0.303 e. The highest BCUT2D eigenvalue weighted by molar-refractivity contribution is 7.99. The number of anilines is 1. The molecule has 0 bridgehead atoms. The van der Waals surface area contributed by atoms with Gasteiger partial charge in [-0.05, 0) is 56.9 Å². The number of hydrogen-bond donors (Lipinski definition) is 0. The van der Waals surface area contributed by atoms with Crippen LogP contribution in [0.15, 0.2) is 23.4 Å². The van der Waals surface area contributed by atoms with Crippen LogP contribution >= 0.6 is 11.8 Å². The Morgan fingerprint density at radius 3 is 2.70 bits per heavy atom. The zero-order valence-corrected chi connectivity index (χ0v) is 19.1. The summed E-state index contributed by atoms with van der Waals surface area (Å²) in [6.45, 7) is 4.07. The van der Waals surface area contributed by atoms with Crippen LogP contribution in [0.3, 0.4) is 0 Å². The molecule has 1 aliphatic heterocycles. The zero-order valence-electron chi connectivity index (χ0n) is 17.5. The SMILES string of the molecule is CCS(=O)(=O)N1CCc2cc(C(=O)CSc3nnc(C)n3C3CCCCC3)ccc21. The molecule has 0 N–H and O–H groups in total. The number of Topliss-reactive ketones (excluding diaryl/α,β-unsaturated/α-hetero) is 1. The Labute approximate surface area is 182 Å². The van der Waals surface area contributed by atoms with Crippen LogP contribution in [0.5, 0.6) is 0 Å². The number of hydrogen-bond acceptors (Lipinski definition) is 6. The minimum atomic E-state index is -3.28. The average molecular weight is 449 g/mol. The van der Waals surface area contributed by atoms with Crippen LogP contribution in [-0.2, 0) is 16.4 Å². The van der Waals surface area contributed by atoms with Crippen LogP contribution in [0.2, 0.25) is 0 Å². The number of rotatable bonds is 7. The maximum absolute atomic E-state index is 12.8. The molecule has 0 saturated heterocycles. The molecule has 30 heavy (non-hydrogen) atoms. The number of carbonyl (C=O) groups excluding carboxylic acids is 1. The summed E-state index contributed by atoms with van der Waals surface area (Å²) in [6.07, 6.45) is 6.66. The van der Waals surface area contributed by atoms with Crippen molar-refractivity contribution in [2.24, 2.45) is 0 Å². The summed E-state index contributed by atoms with van der Waals surface area (Å²) in [5.74, 6) is 1.30. The first kappa shape index (κ1) is 21.4. The van der Waals surface area contributed by atoms with Crippen molar-refractivity contribution in [2.75, 3.05) is 22.4 Å². The molecule has 0 spiro atoms. The second-order valence-electron chi connectivity index (χ2n) is 7.97. The summed E-state index contributed by atoms with van der Waals surface area (Å²) in [4.78, 5) is 12.8. The Kier molecular flexibility index (Phi) is 6.20. The molecule has 9 heteroatoms. The molecule has 0 unspecified atom stereocenters. The van der Waals surface area contributed by atoms with Gasteiger partial charge in [0.05, 0.1) is 17.2 Å². The number of ketones is 1. The third-order valence-corrected chi connectivity index (χ3v) is 8.79. The van der Waals surface area contributed by atoms with Gasteiger partial charge in [0, 0.05) is 18.2 Å². The van der Waals surface area contributed by atoms with E-state index in [0.29, 0.717) is 36.0 Å². The highest BCUT2D eigenvalue weighted by atomic mass is 32.2. The van der Waals surface area contributed by atoms with Crippen molar-refractivity contribution < 1.29 is 13.2 Å². The topological polar surface area (TPSA) is 85.2 Å². The van der Waals surface area contributed by atoms with Gasteiger partial charge in [0.2, 0.25) is 10.0 Å². The Morgan fingerprint density at radius 2 is 1.97 bits per heavy atom. The fourth-order valence-electron chi connectivity index (χ4n) is 4.41. The molecule has 1 aromatic carbocycles. The number of aromatic nitrogens is 3. The Balaban J connectivity index is 1.46. The lowest BCUT2D eigenvalue weighted by atomic mass is 9.95. The van der Waals surface area contributed by atoms with E-state index in [1.165, 1.54) is 35.3 Å². The van der Waals surface area contributed by atoms with Crippen LogP contribution < -0.4 is 4.31 Å². The van der Waals surface area contributed by atoms with E-state index in [2.05, 4.69) is 14.8 Å². The molecule has 1 saturated carbocycles. The molecule has 0 atom stereocenters. The Hall–Kier alpha value is -1.87. The molecule has 2 aromatic rings. The molecule has 2 heterocycles. The predicted molar refractivity (Wildman–Crippen MR) is 119 cm³/mol. The van der Waals surface area contributed by atoms with Crippen molar-refractivity contribution >= 4 is 33.3 Å². The third kappa shape index (κ3) is 4.14. The molecule has 4 rings (SSSR count). The van der Waals surface area contributed by atoms with Crippen molar-refractivity contribution in [3.63, 3.8) is 0 Å². The molecule has 7 nitrogen and oxygen atoms in total. The van der Waals surface area contributed by atoms with Crippen LogP contribution in [0, 0.1) is 6.92 Å². The summed E-state index contributed by atoms with van der Waals surface area (Å²) in [5, 5.41) is 9.37. The van der Waals surface area contributed by atoms with E-state index in [1.807, 2.05) is 13.0 Å². The van der Waals surface area contributed by atoms with Gasteiger partial charge in [-0.15, -0.1) is 10.2 Å². The largest absolute Gasteiger partial charge is 0.303 e. The molecule has 1 aromatic heterocycles. The fourth-order valence-corrected chi connectivity index (χ4v) is 6.52. The molecule has 162 valence electrons.